The molecule has 0 saturated carbocycles. The minimum atomic E-state index is 0.155. The maximum atomic E-state index is 5.62. The minimum absolute atomic E-state index is 0.155. The van der Waals surface area contributed by atoms with Crippen molar-refractivity contribution in [2.24, 2.45) is 0 Å². The van der Waals surface area contributed by atoms with Crippen LogP contribution < -0.4 is 5.73 Å². The van der Waals surface area contributed by atoms with Gasteiger partial charge in [-0.15, -0.1) is 0 Å². The van der Waals surface area contributed by atoms with E-state index in [4.69, 9.17) is 5.73 Å². The smallest absolute Gasteiger partial charge is 0.142 e. The molecule has 0 bridgehead atoms. The quantitative estimate of drug-likeness (QED) is 0.690. The number of nitrogens with two attached hydrogens (primary N) is 1. The third-order valence-corrected chi connectivity index (χ3v) is 2.34. The Hall–Kier alpha value is -1.51. The molecular formula is C11H15N3. The van der Waals surface area contributed by atoms with Gasteiger partial charge >= 0.3 is 0 Å². The summed E-state index contributed by atoms with van der Waals surface area (Å²) in [5.41, 5.74) is 7.96. The third kappa shape index (κ3) is 1.45. The molecule has 2 rings (SSSR count). The second-order valence-electron chi connectivity index (χ2n) is 4.60. The molecule has 74 valence electrons. The van der Waals surface area contributed by atoms with Crippen molar-refractivity contribution in [3.63, 3.8) is 0 Å². The monoisotopic (exact) mass is 189 g/mol. The fourth-order valence-electron chi connectivity index (χ4n) is 1.47. The first-order chi connectivity index (χ1) is 6.47. The SMILES string of the molecule is CC(C)(C)c1ccn2cc(N)nc2c1. The van der Waals surface area contributed by atoms with Crippen LogP contribution in [0.5, 0.6) is 0 Å². The molecule has 0 saturated heterocycles. The van der Waals surface area contributed by atoms with E-state index in [0.717, 1.165) is 5.65 Å². The maximum Gasteiger partial charge on any atom is 0.142 e. The Morgan fingerprint density at radius 2 is 2.07 bits per heavy atom. The Bertz CT molecular complexity index is 463. The number of imidazole rings is 1. The highest BCUT2D eigenvalue weighted by molar-refractivity contribution is 5.49. The van der Waals surface area contributed by atoms with E-state index in [2.05, 4.69) is 37.9 Å². The molecule has 0 amide bonds. The summed E-state index contributed by atoms with van der Waals surface area (Å²) < 4.78 is 1.94. The first kappa shape index (κ1) is 9.06. The van der Waals surface area contributed by atoms with Crippen LogP contribution in [-0.4, -0.2) is 9.38 Å². The number of nitrogens with zero attached hydrogens (tertiary/aromatic N) is 2. The van der Waals surface area contributed by atoms with Crippen LogP contribution in [0.3, 0.4) is 0 Å². The van der Waals surface area contributed by atoms with Crippen molar-refractivity contribution in [2.75, 3.05) is 5.73 Å². The van der Waals surface area contributed by atoms with Gasteiger partial charge < -0.3 is 10.1 Å². The number of hydrogen-bond acceptors (Lipinski definition) is 2. The van der Waals surface area contributed by atoms with E-state index in [9.17, 15) is 0 Å². The summed E-state index contributed by atoms with van der Waals surface area (Å²) in [6, 6.07) is 4.19. The molecule has 0 aliphatic heterocycles. The summed E-state index contributed by atoms with van der Waals surface area (Å²) in [6.45, 7) is 6.56. The summed E-state index contributed by atoms with van der Waals surface area (Å²) in [6.07, 6.45) is 3.82. The molecule has 2 aromatic heterocycles. The molecular weight excluding hydrogens is 174 g/mol. The summed E-state index contributed by atoms with van der Waals surface area (Å²) in [5.74, 6) is 0.566. The van der Waals surface area contributed by atoms with Gasteiger partial charge in [0.25, 0.3) is 0 Å². The fourth-order valence-corrected chi connectivity index (χ4v) is 1.47. The van der Waals surface area contributed by atoms with E-state index in [1.807, 2.05) is 16.8 Å². The molecule has 0 fully saturated rings. The van der Waals surface area contributed by atoms with Gasteiger partial charge in [0, 0.05) is 6.20 Å². The summed E-state index contributed by atoms with van der Waals surface area (Å²) in [5, 5.41) is 0. The number of rotatable bonds is 0. The van der Waals surface area contributed by atoms with Gasteiger partial charge in [-0.2, -0.15) is 0 Å². The van der Waals surface area contributed by atoms with Gasteiger partial charge in [0.05, 0.1) is 6.20 Å². The second kappa shape index (κ2) is 2.74. The lowest BCUT2D eigenvalue weighted by molar-refractivity contribution is 0.589. The Morgan fingerprint density at radius 3 is 2.71 bits per heavy atom. The number of anilines is 1. The molecule has 14 heavy (non-hydrogen) atoms. The zero-order valence-corrected chi connectivity index (χ0v) is 8.78. The molecule has 0 spiro atoms. The van der Waals surface area contributed by atoms with Gasteiger partial charge in [-0.05, 0) is 23.1 Å². The van der Waals surface area contributed by atoms with Crippen molar-refractivity contribution in [1.29, 1.82) is 0 Å². The van der Waals surface area contributed by atoms with Crippen LogP contribution in [-0.2, 0) is 5.41 Å². The van der Waals surface area contributed by atoms with Crippen molar-refractivity contribution in [3.05, 3.63) is 30.1 Å². The van der Waals surface area contributed by atoms with Crippen molar-refractivity contribution < 1.29 is 0 Å². The largest absolute Gasteiger partial charge is 0.382 e. The van der Waals surface area contributed by atoms with Crippen molar-refractivity contribution in [3.8, 4) is 0 Å². The predicted octanol–water partition coefficient (Wildman–Crippen LogP) is 2.21. The van der Waals surface area contributed by atoms with Crippen molar-refractivity contribution >= 4 is 11.5 Å². The molecule has 0 unspecified atom stereocenters. The van der Waals surface area contributed by atoms with Crippen LogP contribution >= 0.6 is 0 Å². The zero-order chi connectivity index (χ0) is 10.3. The second-order valence-corrected chi connectivity index (χ2v) is 4.60. The topological polar surface area (TPSA) is 43.3 Å². The van der Waals surface area contributed by atoms with Crippen LogP contribution in [0.2, 0.25) is 0 Å². The van der Waals surface area contributed by atoms with Crippen LogP contribution in [0, 0.1) is 0 Å². The Balaban J connectivity index is 2.62. The molecule has 0 radical (unpaired) electrons. The van der Waals surface area contributed by atoms with E-state index in [0.29, 0.717) is 5.82 Å². The van der Waals surface area contributed by atoms with Crippen molar-refractivity contribution in [2.45, 2.75) is 26.2 Å². The molecule has 0 aliphatic carbocycles. The van der Waals surface area contributed by atoms with Crippen LogP contribution in [0.1, 0.15) is 26.3 Å². The molecule has 3 nitrogen and oxygen atoms in total. The standard InChI is InChI=1S/C11H15N3/c1-11(2,3)8-4-5-14-7-9(12)13-10(14)6-8/h4-7H,12H2,1-3H3. The molecule has 0 aliphatic rings. The number of hydrogen-bond donors (Lipinski definition) is 1. The lowest BCUT2D eigenvalue weighted by Crippen LogP contribution is -2.11. The number of aromatic nitrogens is 2. The summed E-state index contributed by atoms with van der Waals surface area (Å²) in [4.78, 5) is 4.23. The molecule has 2 heterocycles. The van der Waals surface area contributed by atoms with Gasteiger partial charge in [-0.1, -0.05) is 20.8 Å². The number of pyridine rings is 1. The lowest BCUT2D eigenvalue weighted by atomic mass is 9.88. The molecule has 2 aromatic rings. The van der Waals surface area contributed by atoms with Gasteiger partial charge in [0.1, 0.15) is 11.5 Å². The molecule has 0 aromatic carbocycles. The first-order valence-electron chi connectivity index (χ1n) is 4.71. The summed E-state index contributed by atoms with van der Waals surface area (Å²) >= 11 is 0. The van der Waals surface area contributed by atoms with Crippen molar-refractivity contribution in [1.82, 2.24) is 9.38 Å². The van der Waals surface area contributed by atoms with E-state index in [1.165, 1.54) is 5.56 Å². The van der Waals surface area contributed by atoms with E-state index in [1.54, 1.807) is 0 Å². The molecule has 0 atom stereocenters. The van der Waals surface area contributed by atoms with E-state index >= 15 is 0 Å². The maximum absolute atomic E-state index is 5.62. The highest BCUT2D eigenvalue weighted by Gasteiger charge is 2.14. The average Bonchev–Trinajstić information content (AvgIpc) is 2.41. The van der Waals surface area contributed by atoms with Gasteiger partial charge in [-0.3, -0.25) is 0 Å². The van der Waals surface area contributed by atoms with E-state index < -0.39 is 0 Å². The molecule has 2 N–H and O–H groups in total. The highest BCUT2D eigenvalue weighted by atomic mass is 15.0. The van der Waals surface area contributed by atoms with Crippen LogP contribution in [0.4, 0.5) is 5.82 Å². The zero-order valence-electron chi connectivity index (χ0n) is 8.78. The average molecular weight is 189 g/mol. The Morgan fingerprint density at radius 1 is 1.36 bits per heavy atom. The number of nitrogen functional groups attached to an aromatic ring is 1. The normalized spacial score (nSPS) is 12.2. The van der Waals surface area contributed by atoms with Gasteiger partial charge in [0.15, 0.2) is 0 Å². The predicted molar refractivity (Wildman–Crippen MR) is 58.3 cm³/mol. The third-order valence-electron chi connectivity index (χ3n) is 2.34. The minimum Gasteiger partial charge on any atom is -0.382 e. The highest BCUT2D eigenvalue weighted by Crippen LogP contribution is 2.23. The van der Waals surface area contributed by atoms with Crippen LogP contribution in [0.15, 0.2) is 24.5 Å². The Kier molecular flexibility index (Phi) is 1.77. The van der Waals surface area contributed by atoms with Crippen LogP contribution in [0.25, 0.3) is 5.65 Å². The number of fused-ring (bicyclic) bond motifs is 1. The fraction of sp³-hybridized carbons (Fsp3) is 0.364. The lowest BCUT2D eigenvalue weighted by Gasteiger charge is -2.18. The first-order valence-corrected chi connectivity index (χ1v) is 4.71. The molecule has 3 heteroatoms. The van der Waals surface area contributed by atoms with Gasteiger partial charge in [-0.25, -0.2) is 4.98 Å². The van der Waals surface area contributed by atoms with E-state index in [-0.39, 0.29) is 5.41 Å². The summed E-state index contributed by atoms with van der Waals surface area (Å²) in [7, 11) is 0. The Labute approximate surface area is 83.6 Å². The van der Waals surface area contributed by atoms with Gasteiger partial charge in [0.2, 0.25) is 0 Å².